The maximum Gasteiger partial charge on any atom is 0.0771 e. The molecular formula is C13H11ClNS. The molecule has 81 valence electrons. The van der Waals surface area contributed by atoms with Crippen LogP contribution in [0, 0.1) is 0 Å². The first-order valence-corrected chi connectivity index (χ1v) is 6.59. The zero-order valence-corrected chi connectivity index (χ0v) is 10.3. The molecule has 3 heteroatoms. The SMILES string of the molecule is Clc1ccccc1C1[N]CCc2sccc21. The van der Waals surface area contributed by atoms with E-state index in [1.54, 1.807) is 0 Å². The Morgan fingerprint density at radius 1 is 1.19 bits per heavy atom. The monoisotopic (exact) mass is 248 g/mol. The smallest absolute Gasteiger partial charge is 0.0771 e. The summed E-state index contributed by atoms with van der Waals surface area (Å²) in [6.07, 6.45) is 1.08. The normalized spacial score (nSPS) is 19.4. The Hall–Kier alpha value is -0.830. The highest BCUT2D eigenvalue weighted by atomic mass is 35.5. The van der Waals surface area contributed by atoms with Gasteiger partial charge >= 0.3 is 0 Å². The van der Waals surface area contributed by atoms with Gasteiger partial charge in [0.1, 0.15) is 0 Å². The summed E-state index contributed by atoms with van der Waals surface area (Å²) in [7, 11) is 0. The lowest BCUT2D eigenvalue weighted by molar-refractivity contribution is 0.562. The van der Waals surface area contributed by atoms with Crippen LogP contribution >= 0.6 is 22.9 Å². The highest BCUT2D eigenvalue weighted by molar-refractivity contribution is 7.10. The van der Waals surface area contributed by atoms with Gasteiger partial charge in [0, 0.05) is 16.4 Å². The van der Waals surface area contributed by atoms with Gasteiger partial charge in [-0.3, -0.25) is 0 Å². The summed E-state index contributed by atoms with van der Waals surface area (Å²) >= 11 is 8.06. The molecule has 3 rings (SSSR count). The van der Waals surface area contributed by atoms with Gasteiger partial charge in [-0.05, 0) is 35.1 Å². The molecule has 0 saturated heterocycles. The largest absolute Gasteiger partial charge is 0.228 e. The summed E-state index contributed by atoms with van der Waals surface area (Å²) in [6, 6.07) is 10.3. The lowest BCUT2D eigenvalue weighted by Crippen LogP contribution is -2.23. The molecule has 1 aromatic heterocycles. The Morgan fingerprint density at radius 2 is 2.06 bits per heavy atom. The molecule has 0 spiro atoms. The van der Waals surface area contributed by atoms with Crippen LogP contribution in [0.25, 0.3) is 0 Å². The van der Waals surface area contributed by atoms with Gasteiger partial charge in [0.15, 0.2) is 0 Å². The number of thiophene rings is 1. The Morgan fingerprint density at radius 3 is 2.94 bits per heavy atom. The maximum absolute atomic E-state index is 6.23. The number of hydrogen-bond donors (Lipinski definition) is 0. The minimum absolute atomic E-state index is 0.142. The summed E-state index contributed by atoms with van der Waals surface area (Å²) in [4.78, 5) is 1.46. The minimum atomic E-state index is 0.142. The van der Waals surface area contributed by atoms with E-state index in [-0.39, 0.29) is 6.04 Å². The fraction of sp³-hybridized carbons (Fsp3) is 0.231. The molecule has 0 N–H and O–H groups in total. The number of rotatable bonds is 1. The molecule has 16 heavy (non-hydrogen) atoms. The lowest BCUT2D eigenvalue weighted by atomic mass is 9.95. The quantitative estimate of drug-likeness (QED) is 0.732. The highest BCUT2D eigenvalue weighted by Gasteiger charge is 2.24. The molecule has 2 aromatic rings. The lowest BCUT2D eigenvalue weighted by Gasteiger charge is -2.23. The van der Waals surface area contributed by atoms with Crippen LogP contribution in [-0.4, -0.2) is 6.54 Å². The molecule has 1 nitrogen and oxygen atoms in total. The second-order valence-electron chi connectivity index (χ2n) is 3.88. The number of halogens is 1. The van der Waals surface area contributed by atoms with E-state index in [1.165, 1.54) is 10.4 Å². The van der Waals surface area contributed by atoms with Gasteiger partial charge in [-0.2, -0.15) is 0 Å². The zero-order chi connectivity index (χ0) is 11.0. The van der Waals surface area contributed by atoms with Crippen LogP contribution in [0.5, 0.6) is 0 Å². The Balaban J connectivity index is 2.08. The van der Waals surface area contributed by atoms with Crippen LogP contribution < -0.4 is 5.32 Å². The van der Waals surface area contributed by atoms with Gasteiger partial charge in [0.25, 0.3) is 0 Å². The van der Waals surface area contributed by atoms with Crippen molar-refractivity contribution in [3.8, 4) is 0 Å². The third-order valence-corrected chi connectivity index (χ3v) is 4.27. The van der Waals surface area contributed by atoms with Crippen molar-refractivity contribution in [2.24, 2.45) is 0 Å². The van der Waals surface area contributed by atoms with E-state index in [2.05, 4.69) is 17.5 Å². The molecule has 0 bridgehead atoms. The second-order valence-corrected chi connectivity index (χ2v) is 5.29. The number of fused-ring (bicyclic) bond motifs is 1. The molecule has 2 heterocycles. The minimum Gasteiger partial charge on any atom is -0.228 e. The van der Waals surface area contributed by atoms with Crippen LogP contribution in [0.4, 0.5) is 0 Å². The topological polar surface area (TPSA) is 14.1 Å². The van der Waals surface area contributed by atoms with E-state index < -0.39 is 0 Å². The fourth-order valence-corrected chi connectivity index (χ4v) is 3.30. The Labute approximate surface area is 104 Å². The van der Waals surface area contributed by atoms with E-state index in [4.69, 9.17) is 16.9 Å². The van der Waals surface area contributed by atoms with Crippen LogP contribution in [0.15, 0.2) is 35.7 Å². The molecule has 0 fully saturated rings. The van der Waals surface area contributed by atoms with Crippen molar-refractivity contribution in [3.05, 3.63) is 56.7 Å². The van der Waals surface area contributed by atoms with E-state index in [1.807, 2.05) is 29.5 Å². The van der Waals surface area contributed by atoms with Crippen molar-refractivity contribution in [3.63, 3.8) is 0 Å². The molecule has 1 atom stereocenters. The van der Waals surface area contributed by atoms with Gasteiger partial charge in [0.05, 0.1) is 6.04 Å². The van der Waals surface area contributed by atoms with Crippen molar-refractivity contribution in [1.29, 1.82) is 0 Å². The first-order valence-electron chi connectivity index (χ1n) is 5.33. The highest BCUT2D eigenvalue weighted by Crippen LogP contribution is 2.35. The molecular weight excluding hydrogens is 238 g/mol. The maximum atomic E-state index is 6.23. The van der Waals surface area contributed by atoms with Crippen molar-refractivity contribution in [1.82, 2.24) is 5.32 Å². The zero-order valence-electron chi connectivity index (χ0n) is 8.69. The fourth-order valence-electron chi connectivity index (χ4n) is 2.15. The van der Waals surface area contributed by atoms with E-state index in [9.17, 15) is 0 Å². The van der Waals surface area contributed by atoms with E-state index >= 15 is 0 Å². The average Bonchev–Trinajstić information content (AvgIpc) is 2.77. The second kappa shape index (κ2) is 4.21. The first kappa shape index (κ1) is 10.3. The van der Waals surface area contributed by atoms with Crippen molar-refractivity contribution in [2.45, 2.75) is 12.5 Å². The molecule has 0 amide bonds. The number of hydrogen-bond acceptors (Lipinski definition) is 1. The molecule has 1 unspecified atom stereocenters. The van der Waals surface area contributed by atoms with Crippen molar-refractivity contribution < 1.29 is 0 Å². The molecule has 1 aliphatic heterocycles. The third kappa shape index (κ3) is 1.67. The van der Waals surface area contributed by atoms with Crippen molar-refractivity contribution in [2.75, 3.05) is 6.54 Å². The number of nitrogens with zero attached hydrogens (tertiary/aromatic N) is 1. The van der Waals surface area contributed by atoms with Gasteiger partial charge in [-0.15, -0.1) is 11.3 Å². The van der Waals surface area contributed by atoms with Gasteiger partial charge < -0.3 is 0 Å². The molecule has 1 aliphatic rings. The van der Waals surface area contributed by atoms with Crippen molar-refractivity contribution >= 4 is 22.9 Å². The van der Waals surface area contributed by atoms with Crippen LogP contribution in [0.3, 0.4) is 0 Å². The Bertz CT molecular complexity index is 506. The predicted molar refractivity (Wildman–Crippen MR) is 68.3 cm³/mol. The summed E-state index contributed by atoms with van der Waals surface area (Å²) in [6.45, 7) is 0.906. The molecule has 1 aromatic carbocycles. The van der Waals surface area contributed by atoms with Gasteiger partial charge in [-0.25, -0.2) is 5.32 Å². The summed E-state index contributed by atoms with van der Waals surface area (Å²) in [5.74, 6) is 0. The van der Waals surface area contributed by atoms with E-state index in [0.717, 1.165) is 23.6 Å². The van der Waals surface area contributed by atoms with Crippen LogP contribution in [0.2, 0.25) is 5.02 Å². The molecule has 0 saturated carbocycles. The predicted octanol–water partition coefficient (Wildman–Crippen LogP) is 3.65. The van der Waals surface area contributed by atoms with Crippen LogP contribution in [0.1, 0.15) is 22.0 Å². The number of benzene rings is 1. The summed E-state index contributed by atoms with van der Waals surface area (Å²) in [5, 5.41) is 7.66. The van der Waals surface area contributed by atoms with Gasteiger partial charge in [-0.1, -0.05) is 29.8 Å². The average molecular weight is 249 g/mol. The Kier molecular flexibility index (Phi) is 2.72. The first-order chi connectivity index (χ1) is 7.86. The summed E-state index contributed by atoms with van der Waals surface area (Å²) in [5.41, 5.74) is 2.47. The third-order valence-electron chi connectivity index (χ3n) is 2.92. The molecule has 0 aliphatic carbocycles. The van der Waals surface area contributed by atoms with Crippen LogP contribution in [-0.2, 0) is 6.42 Å². The summed E-state index contributed by atoms with van der Waals surface area (Å²) < 4.78 is 0. The standard InChI is InChI=1S/C13H11ClNS/c14-11-4-2-1-3-9(11)13-10-6-8-16-12(10)5-7-15-13/h1-4,6,8,13H,5,7H2. The van der Waals surface area contributed by atoms with E-state index in [0.29, 0.717) is 0 Å². The molecule has 1 radical (unpaired) electrons. The van der Waals surface area contributed by atoms with Gasteiger partial charge in [0.2, 0.25) is 0 Å².